The molecule has 5 nitrogen and oxygen atoms in total. The Hall–Kier alpha value is -2.04. The largest absolute Gasteiger partial charge is 0.508 e. The van der Waals surface area contributed by atoms with Gasteiger partial charge in [0, 0.05) is 13.1 Å². The van der Waals surface area contributed by atoms with Crippen LogP contribution >= 0.6 is 0 Å². The van der Waals surface area contributed by atoms with Crippen LogP contribution in [0.1, 0.15) is 17.5 Å². The molecule has 0 bridgehead atoms. The Morgan fingerprint density at radius 1 is 1.21 bits per heavy atom. The van der Waals surface area contributed by atoms with Crippen LogP contribution in [0.4, 0.5) is 0 Å². The zero-order valence-electron chi connectivity index (χ0n) is 10.4. The first kappa shape index (κ1) is 12.0. The van der Waals surface area contributed by atoms with Crippen molar-refractivity contribution in [1.82, 2.24) is 4.90 Å². The summed E-state index contributed by atoms with van der Waals surface area (Å²) in [6.45, 7) is 1.09. The lowest BCUT2D eigenvalue weighted by Crippen LogP contribution is -2.37. The zero-order chi connectivity index (χ0) is 13.6. The maximum absolute atomic E-state index is 12.2. The number of aromatic hydroxyl groups is 1. The molecule has 1 aliphatic heterocycles. The fourth-order valence-electron chi connectivity index (χ4n) is 2.71. The van der Waals surface area contributed by atoms with Gasteiger partial charge in [0.2, 0.25) is 5.91 Å². The number of carboxylic acids is 1. The maximum Gasteiger partial charge on any atom is 0.307 e. The third kappa shape index (κ3) is 2.16. The lowest BCUT2D eigenvalue weighted by Gasteiger charge is -2.29. The minimum atomic E-state index is -0.881. The third-order valence-electron chi connectivity index (χ3n) is 3.94. The monoisotopic (exact) mass is 261 g/mol. The van der Waals surface area contributed by atoms with Crippen molar-refractivity contribution in [2.24, 2.45) is 11.8 Å². The zero-order valence-corrected chi connectivity index (χ0v) is 10.4. The summed E-state index contributed by atoms with van der Waals surface area (Å²) in [6.07, 6.45) is 1.21. The second kappa shape index (κ2) is 4.26. The molecular weight excluding hydrogens is 246 g/mol. The van der Waals surface area contributed by atoms with E-state index in [0.717, 1.165) is 17.5 Å². The number of carbonyl (C=O) groups excluding carboxylic acids is 1. The highest BCUT2D eigenvalue weighted by molar-refractivity contribution is 5.89. The first-order valence-corrected chi connectivity index (χ1v) is 6.38. The Balaban J connectivity index is 1.72. The number of carbonyl (C=O) groups is 2. The van der Waals surface area contributed by atoms with E-state index in [0.29, 0.717) is 19.5 Å². The molecule has 5 heteroatoms. The predicted molar refractivity (Wildman–Crippen MR) is 66.5 cm³/mol. The average molecular weight is 261 g/mol. The van der Waals surface area contributed by atoms with E-state index < -0.39 is 11.9 Å². The second-order valence-corrected chi connectivity index (χ2v) is 5.25. The number of phenols is 1. The molecule has 3 rings (SSSR count). The number of hydrogen-bond acceptors (Lipinski definition) is 3. The number of benzene rings is 1. The van der Waals surface area contributed by atoms with Crippen molar-refractivity contribution < 1.29 is 19.8 Å². The Labute approximate surface area is 110 Å². The van der Waals surface area contributed by atoms with Crippen LogP contribution < -0.4 is 0 Å². The maximum atomic E-state index is 12.2. The van der Waals surface area contributed by atoms with Gasteiger partial charge in [0.05, 0.1) is 11.8 Å². The molecule has 100 valence electrons. The molecule has 1 aromatic rings. The number of phenolic OH excluding ortho intramolecular Hbond substituents is 1. The van der Waals surface area contributed by atoms with Gasteiger partial charge in [-0.3, -0.25) is 9.59 Å². The molecular formula is C14H15NO4. The van der Waals surface area contributed by atoms with Gasteiger partial charge in [-0.15, -0.1) is 0 Å². The molecule has 1 heterocycles. The van der Waals surface area contributed by atoms with Crippen molar-refractivity contribution in [2.75, 3.05) is 6.54 Å². The van der Waals surface area contributed by atoms with Crippen LogP contribution in [-0.2, 0) is 22.6 Å². The molecule has 1 aliphatic carbocycles. The van der Waals surface area contributed by atoms with Crippen LogP contribution in [0.3, 0.4) is 0 Å². The summed E-state index contributed by atoms with van der Waals surface area (Å²) >= 11 is 0. The molecule has 1 amide bonds. The molecule has 1 saturated carbocycles. The topological polar surface area (TPSA) is 77.8 Å². The molecule has 2 aliphatic rings. The quantitative estimate of drug-likeness (QED) is 0.832. The Morgan fingerprint density at radius 3 is 2.68 bits per heavy atom. The Morgan fingerprint density at radius 2 is 2.00 bits per heavy atom. The van der Waals surface area contributed by atoms with E-state index in [1.165, 1.54) is 0 Å². The minimum absolute atomic E-state index is 0.0682. The summed E-state index contributed by atoms with van der Waals surface area (Å²) < 4.78 is 0. The first-order chi connectivity index (χ1) is 9.06. The summed E-state index contributed by atoms with van der Waals surface area (Å²) in [5, 5.41) is 18.3. The lowest BCUT2D eigenvalue weighted by atomic mass is 9.99. The van der Waals surface area contributed by atoms with Crippen molar-refractivity contribution in [2.45, 2.75) is 19.4 Å². The summed E-state index contributed by atoms with van der Waals surface area (Å²) in [5.41, 5.74) is 2.10. The predicted octanol–water partition coefficient (Wildman–Crippen LogP) is 0.998. The van der Waals surface area contributed by atoms with Gasteiger partial charge in [-0.1, -0.05) is 6.07 Å². The van der Waals surface area contributed by atoms with Crippen LogP contribution in [0.15, 0.2) is 18.2 Å². The van der Waals surface area contributed by atoms with Crippen molar-refractivity contribution in [3.8, 4) is 5.75 Å². The Bertz CT molecular complexity index is 554. The van der Waals surface area contributed by atoms with Gasteiger partial charge in [0.15, 0.2) is 0 Å². The molecule has 2 unspecified atom stereocenters. The number of amides is 1. The average Bonchev–Trinajstić information content (AvgIpc) is 3.17. The summed E-state index contributed by atoms with van der Waals surface area (Å²) in [6, 6.07) is 5.21. The standard InChI is InChI=1S/C14H15NO4/c16-10-2-1-8-3-4-15(7-9(8)5-10)13(17)11-6-12(11)14(18)19/h1-2,5,11-12,16H,3-4,6-7H2,(H,18,19). The fraction of sp³-hybridized carbons (Fsp3) is 0.429. The van der Waals surface area contributed by atoms with E-state index in [2.05, 4.69) is 0 Å². The number of aliphatic carboxylic acids is 1. The van der Waals surface area contributed by atoms with Crippen molar-refractivity contribution in [1.29, 1.82) is 0 Å². The molecule has 2 N–H and O–H groups in total. The minimum Gasteiger partial charge on any atom is -0.508 e. The van der Waals surface area contributed by atoms with Gasteiger partial charge in [0.1, 0.15) is 5.75 Å². The summed E-state index contributed by atoms with van der Waals surface area (Å²) in [4.78, 5) is 24.7. The second-order valence-electron chi connectivity index (χ2n) is 5.25. The third-order valence-corrected chi connectivity index (χ3v) is 3.94. The normalized spacial score (nSPS) is 24.7. The molecule has 0 radical (unpaired) electrons. The van der Waals surface area contributed by atoms with Crippen LogP contribution in [0, 0.1) is 11.8 Å². The van der Waals surface area contributed by atoms with Crippen molar-refractivity contribution >= 4 is 11.9 Å². The van der Waals surface area contributed by atoms with Crippen molar-refractivity contribution in [3.63, 3.8) is 0 Å². The Kier molecular flexibility index (Phi) is 2.69. The summed E-state index contributed by atoms with van der Waals surface area (Å²) in [7, 11) is 0. The van der Waals surface area contributed by atoms with Crippen LogP contribution in [-0.4, -0.2) is 33.5 Å². The van der Waals surface area contributed by atoms with Gasteiger partial charge < -0.3 is 15.1 Å². The first-order valence-electron chi connectivity index (χ1n) is 6.38. The van der Waals surface area contributed by atoms with Gasteiger partial charge in [-0.05, 0) is 36.1 Å². The molecule has 19 heavy (non-hydrogen) atoms. The van der Waals surface area contributed by atoms with Gasteiger partial charge in [0.25, 0.3) is 0 Å². The number of fused-ring (bicyclic) bond motifs is 1. The van der Waals surface area contributed by atoms with E-state index in [9.17, 15) is 14.7 Å². The highest BCUT2D eigenvalue weighted by Crippen LogP contribution is 2.40. The molecule has 0 saturated heterocycles. The smallest absolute Gasteiger partial charge is 0.307 e. The van der Waals surface area contributed by atoms with Crippen LogP contribution in [0.5, 0.6) is 5.75 Å². The highest BCUT2D eigenvalue weighted by Gasteiger charge is 2.49. The van der Waals surface area contributed by atoms with E-state index in [-0.39, 0.29) is 17.6 Å². The number of hydrogen-bond donors (Lipinski definition) is 2. The molecule has 0 aromatic heterocycles. The molecule has 1 fully saturated rings. The number of rotatable bonds is 2. The van der Waals surface area contributed by atoms with E-state index in [1.54, 1.807) is 17.0 Å². The number of carboxylic acid groups (broad SMARTS) is 1. The lowest BCUT2D eigenvalue weighted by molar-refractivity contribution is -0.142. The van der Waals surface area contributed by atoms with E-state index in [1.807, 2.05) is 6.07 Å². The van der Waals surface area contributed by atoms with Gasteiger partial charge in [-0.2, -0.15) is 0 Å². The molecule has 0 spiro atoms. The SMILES string of the molecule is O=C(O)C1CC1C(=O)N1CCc2ccc(O)cc2C1. The number of nitrogens with zero attached hydrogens (tertiary/aromatic N) is 1. The fourth-order valence-corrected chi connectivity index (χ4v) is 2.71. The van der Waals surface area contributed by atoms with Gasteiger partial charge in [-0.25, -0.2) is 0 Å². The molecule has 2 atom stereocenters. The summed E-state index contributed by atoms with van der Waals surface area (Å²) in [5.74, 6) is -1.60. The van der Waals surface area contributed by atoms with Crippen molar-refractivity contribution in [3.05, 3.63) is 29.3 Å². The van der Waals surface area contributed by atoms with Gasteiger partial charge >= 0.3 is 5.97 Å². The van der Waals surface area contributed by atoms with Crippen LogP contribution in [0.2, 0.25) is 0 Å². The highest BCUT2D eigenvalue weighted by atomic mass is 16.4. The van der Waals surface area contributed by atoms with E-state index >= 15 is 0 Å². The van der Waals surface area contributed by atoms with E-state index in [4.69, 9.17) is 5.11 Å². The van der Waals surface area contributed by atoms with Crippen LogP contribution in [0.25, 0.3) is 0 Å². The molecule has 1 aromatic carbocycles.